The molecule has 7 nitrogen and oxygen atoms in total. The van der Waals surface area contributed by atoms with Gasteiger partial charge >= 0.3 is 7.60 Å². The summed E-state index contributed by atoms with van der Waals surface area (Å²) >= 11 is 6.62. The van der Waals surface area contributed by atoms with Crippen LogP contribution in [0.4, 0.5) is 0 Å². The molecule has 10 heteroatoms. The standard InChI is InChI=1S/C20H41O5P.C16H31BrO2.C2H5Br/c1-3-24-26(21,25-4-2)19-15-11-9-7-5-6-8-10-13-17-22-20-16-12-14-18-23-20;17-13-9-6-4-2-1-3-5-7-10-14-18-16-12-8-11-15-19-16;1-2-3/h20H,3-19H2,1-2H3;16H,1-15H2;2H2,1H3. The smallest absolute Gasteiger partial charge is 0.330 e. The average molecular weight is 837 g/mol. The summed E-state index contributed by atoms with van der Waals surface area (Å²) in [7, 11) is -2.83. The van der Waals surface area contributed by atoms with Crippen LogP contribution in [0, 0.1) is 0 Å². The predicted octanol–water partition coefficient (Wildman–Crippen LogP) is 13.1. The molecule has 2 saturated heterocycles. The van der Waals surface area contributed by atoms with Gasteiger partial charge in [-0.1, -0.05) is 129 Å². The second-order valence-electron chi connectivity index (χ2n) is 12.8. The van der Waals surface area contributed by atoms with Crippen molar-refractivity contribution in [2.45, 2.75) is 187 Å². The zero-order chi connectivity index (χ0) is 35.2. The number of halogens is 2. The molecule has 0 N–H and O–H groups in total. The van der Waals surface area contributed by atoms with E-state index in [0.29, 0.717) is 19.4 Å². The van der Waals surface area contributed by atoms with Crippen LogP contribution in [0.3, 0.4) is 0 Å². The maximum atomic E-state index is 12.3. The molecule has 0 aromatic carbocycles. The molecule has 2 rings (SSSR count). The fraction of sp³-hybridized carbons (Fsp3) is 1.00. The van der Waals surface area contributed by atoms with Crippen LogP contribution in [-0.2, 0) is 32.6 Å². The molecule has 0 spiro atoms. The molecule has 290 valence electrons. The zero-order valence-corrected chi connectivity index (χ0v) is 35.6. The van der Waals surface area contributed by atoms with E-state index in [4.69, 9.17) is 28.0 Å². The largest absolute Gasteiger partial charge is 0.353 e. The highest BCUT2D eigenvalue weighted by Gasteiger charge is 2.22. The van der Waals surface area contributed by atoms with Crippen LogP contribution in [-0.4, -0.2) is 69.0 Å². The molecule has 2 aliphatic rings. The molecular formula is C38H77Br2O7P. The van der Waals surface area contributed by atoms with E-state index >= 15 is 0 Å². The van der Waals surface area contributed by atoms with Crippen molar-refractivity contribution in [2.75, 3.05) is 56.5 Å². The fourth-order valence-electron chi connectivity index (χ4n) is 5.75. The first kappa shape index (κ1) is 49.0. The molecule has 2 aliphatic heterocycles. The summed E-state index contributed by atoms with van der Waals surface area (Å²) in [6, 6.07) is 0. The molecule has 2 atom stereocenters. The highest BCUT2D eigenvalue weighted by atomic mass is 79.9. The Morgan fingerprint density at radius 3 is 1.23 bits per heavy atom. The van der Waals surface area contributed by atoms with Crippen molar-refractivity contribution in [2.24, 2.45) is 0 Å². The fourth-order valence-corrected chi connectivity index (χ4v) is 7.88. The van der Waals surface area contributed by atoms with Gasteiger partial charge in [-0.25, -0.2) is 0 Å². The Hall–Kier alpha value is 0.950. The van der Waals surface area contributed by atoms with E-state index in [1.165, 1.54) is 122 Å². The molecule has 0 radical (unpaired) electrons. The lowest BCUT2D eigenvalue weighted by molar-refractivity contribution is -0.163. The number of hydrogen-bond acceptors (Lipinski definition) is 7. The third-order valence-corrected chi connectivity index (χ3v) is 11.1. The van der Waals surface area contributed by atoms with Gasteiger partial charge in [0.1, 0.15) is 0 Å². The van der Waals surface area contributed by atoms with Crippen molar-refractivity contribution < 1.29 is 32.6 Å². The van der Waals surface area contributed by atoms with Crippen LogP contribution >= 0.6 is 39.5 Å². The zero-order valence-electron chi connectivity index (χ0n) is 31.6. The minimum Gasteiger partial charge on any atom is -0.353 e. The second kappa shape index (κ2) is 39.2. The number of unbranched alkanes of at least 4 members (excludes halogenated alkanes) is 16. The summed E-state index contributed by atoms with van der Waals surface area (Å²) in [6.07, 6.45) is 30.8. The lowest BCUT2D eigenvalue weighted by atomic mass is 10.1. The molecule has 48 heavy (non-hydrogen) atoms. The third kappa shape index (κ3) is 34.1. The first-order chi connectivity index (χ1) is 23.5. The van der Waals surface area contributed by atoms with Crippen molar-refractivity contribution in [1.82, 2.24) is 0 Å². The van der Waals surface area contributed by atoms with Crippen molar-refractivity contribution in [3.63, 3.8) is 0 Å². The molecule has 0 amide bonds. The highest BCUT2D eigenvalue weighted by molar-refractivity contribution is 9.09. The SMILES string of the molecule is BrCCCCCCCCCCCOC1CCCCO1.CCBr.CCOP(=O)(CCCCCCCCCCCOC1CCCCO1)OCC. The van der Waals surface area contributed by atoms with Crippen LogP contribution < -0.4 is 0 Å². The summed E-state index contributed by atoms with van der Waals surface area (Å²) in [6.45, 7) is 10.1. The minimum atomic E-state index is -2.83. The van der Waals surface area contributed by atoms with Gasteiger partial charge in [-0.3, -0.25) is 4.57 Å². The van der Waals surface area contributed by atoms with E-state index < -0.39 is 7.60 Å². The Bertz CT molecular complexity index is 655. The summed E-state index contributed by atoms with van der Waals surface area (Å²) in [5.74, 6) is 0. The van der Waals surface area contributed by atoms with Crippen LogP contribution in [0.25, 0.3) is 0 Å². The van der Waals surface area contributed by atoms with Gasteiger partial charge in [-0.15, -0.1) is 0 Å². The van der Waals surface area contributed by atoms with E-state index in [1.54, 1.807) is 0 Å². The normalized spacial score (nSPS) is 18.1. The lowest BCUT2D eigenvalue weighted by Crippen LogP contribution is -2.22. The Morgan fingerprint density at radius 1 is 0.542 bits per heavy atom. The number of rotatable bonds is 29. The monoisotopic (exact) mass is 834 g/mol. The lowest BCUT2D eigenvalue weighted by Gasteiger charge is -2.22. The first-order valence-corrected chi connectivity index (χ1v) is 24.0. The molecule has 0 saturated carbocycles. The molecule has 0 aromatic heterocycles. The molecule has 0 aliphatic carbocycles. The first-order valence-electron chi connectivity index (χ1n) is 20.0. The van der Waals surface area contributed by atoms with Crippen molar-refractivity contribution in [1.29, 1.82) is 0 Å². The van der Waals surface area contributed by atoms with Crippen molar-refractivity contribution in [3.05, 3.63) is 0 Å². The average Bonchev–Trinajstić information content (AvgIpc) is 3.09. The molecule has 0 bridgehead atoms. The minimum absolute atomic E-state index is 0.0597. The Labute approximate surface area is 314 Å². The Kier molecular flexibility index (Phi) is 39.9. The van der Waals surface area contributed by atoms with E-state index in [9.17, 15) is 4.57 Å². The van der Waals surface area contributed by atoms with Crippen LogP contribution in [0.2, 0.25) is 0 Å². The van der Waals surface area contributed by atoms with E-state index in [1.807, 2.05) is 20.8 Å². The van der Waals surface area contributed by atoms with Gasteiger partial charge in [-0.05, 0) is 78.1 Å². The number of ether oxygens (including phenoxy) is 4. The summed E-state index contributed by atoms with van der Waals surface area (Å²) < 4.78 is 45.5. The Morgan fingerprint density at radius 2 is 0.896 bits per heavy atom. The van der Waals surface area contributed by atoms with Gasteiger partial charge < -0.3 is 28.0 Å². The van der Waals surface area contributed by atoms with Gasteiger partial charge in [0.25, 0.3) is 0 Å². The van der Waals surface area contributed by atoms with Gasteiger partial charge in [0.2, 0.25) is 0 Å². The summed E-state index contributed by atoms with van der Waals surface area (Å²) in [5.41, 5.74) is 0. The van der Waals surface area contributed by atoms with Gasteiger partial charge in [0, 0.05) is 37.1 Å². The molecule has 2 fully saturated rings. The maximum Gasteiger partial charge on any atom is 0.330 e. The van der Waals surface area contributed by atoms with Gasteiger partial charge in [0.05, 0.1) is 19.4 Å². The molecule has 2 heterocycles. The van der Waals surface area contributed by atoms with E-state index in [0.717, 1.165) is 69.2 Å². The van der Waals surface area contributed by atoms with Crippen LogP contribution in [0.5, 0.6) is 0 Å². The predicted molar refractivity (Wildman–Crippen MR) is 211 cm³/mol. The quantitative estimate of drug-likeness (QED) is 0.0422. The molecule has 2 unspecified atom stereocenters. The summed E-state index contributed by atoms with van der Waals surface area (Å²) in [4.78, 5) is 0. The van der Waals surface area contributed by atoms with Gasteiger partial charge in [0.15, 0.2) is 12.6 Å². The molecular weight excluding hydrogens is 759 g/mol. The second-order valence-corrected chi connectivity index (χ2v) is 16.9. The Balaban J connectivity index is 0.000000884. The maximum absolute atomic E-state index is 12.3. The summed E-state index contributed by atoms with van der Waals surface area (Å²) in [5, 5.41) is 2.23. The van der Waals surface area contributed by atoms with Gasteiger partial charge in [-0.2, -0.15) is 0 Å². The molecule has 0 aromatic rings. The van der Waals surface area contributed by atoms with Crippen molar-refractivity contribution >= 4 is 39.5 Å². The van der Waals surface area contributed by atoms with Crippen LogP contribution in [0.15, 0.2) is 0 Å². The van der Waals surface area contributed by atoms with E-state index in [-0.39, 0.29) is 12.6 Å². The number of hydrogen-bond donors (Lipinski definition) is 0. The van der Waals surface area contributed by atoms with Crippen molar-refractivity contribution in [3.8, 4) is 0 Å². The van der Waals surface area contributed by atoms with Crippen LogP contribution in [0.1, 0.15) is 175 Å². The number of alkyl halides is 2. The van der Waals surface area contributed by atoms with E-state index in [2.05, 4.69) is 31.9 Å². The third-order valence-electron chi connectivity index (χ3n) is 8.39. The highest BCUT2D eigenvalue weighted by Crippen LogP contribution is 2.48. The topological polar surface area (TPSA) is 72.5 Å².